The largest absolute Gasteiger partial charge is 0.361 e. The van der Waals surface area contributed by atoms with Crippen LogP contribution in [0.2, 0.25) is 0 Å². The van der Waals surface area contributed by atoms with E-state index in [9.17, 15) is 14.2 Å². The first kappa shape index (κ1) is 23.5. The van der Waals surface area contributed by atoms with Crippen LogP contribution in [0.25, 0.3) is 11.2 Å². The second-order valence-electron chi connectivity index (χ2n) is 6.37. The van der Waals surface area contributed by atoms with Gasteiger partial charge in [0.05, 0.1) is 25.7 Å². The Hall–Kier alpha value is -1.74. The molecule has 0 unspecified atom stereocenters. The molecule has 0 atom stereocenters. The van der Waals surface area contributed by atoms with Crippen LogP contribution in [0.1, 0.15) is 40.5 Å². The zero-order valence-electron chi connectivity index (χ0n) is 17.6. The highest BCUT2D eigenvalue weighted by Crippen LogP contribution is 2.48. The van der Waals surface area contributed by atoms with Crippen molar-refractivity contribution < 1.29 is 18.3 Å². The van der Waals surface area contributed by atoms with Gasteiger partial charge in [0.2, 0.25) is 0 Å². The van der Waals surface area contributed by atoms with Crippen molar-refractivity contribution in [1.29, 1.82) is 0 Å². The lowest BCUT2D eigenvalue weighted by Crippen LogP contribution is -2.40. The fourth-order valence-corrected chi connectivity index (χ4v) is 4.87. The normalized spacial score (nSPS) is 12.1. The number of unbranched alkanes of at least 4 members (excludes halogenated alkanes) is 1. The van der Waals surface area contributed by atoms with E-state index < -0.39 is 18.8 Å². The predicted octanol–water partition coefficient (Wildman–Crippen LogP) is 2.42. The van der Waals surface area contributed by atoms with Crippen LogP contribution in [-0.2, 0) is 38.2 Å². The maximum atomic E-state index is 13.0. The van der Waals surface area contributed by atoms with Gasteiger partial charge < -0.3 is 18.4 Å². The van der Waals surface area contributed by atoms with Crippen molar-refractivity contribution in [2.75, 3.05) is 26.0 Å². The molecule has 29 heavy (non-hydrogen) atoms. The number of hydrogen-bond acceptors (Lipinski definition) is 7. The number of nitrogens with zero attached hydrogens (tertiary/aromatic N) is 4. The monoisotopic (exact) mass is 430 g/mol. The number of aromatic nitrogens is 4. The highest BCUT2D eigenvalue weighted by Gasteiger charge is 2.23. The molecule has 164 valence electrons. The summed E-state index contributed by atoms with van der Waals surface area (Å²) in [4.78, 5) is 30.0. The van der Waals surface area contributed by atoms with Crippen LogP contribution in [0.4, 0.5) is 0 Å². The summed E-state index contributed by atoms with van der Waals surface area (Å²) < 4.78 is 32.8. The van der Waals surface area contributed by atoms with Crippen LogP contribution >= 0.6 is 7.60 Å². The molecule has 0 aliphatic carbocycles. The minimum absolute atomic E-state index is 0.191. The Balaban J connectivity index is 2.25. The van der Waals surface area contributed by atoms with Crippen molar-refractivity contribution in [3.05, 3.63) is 27.2 Å². The smallest absolute Gasteiger partial charge is 0.332 e. The Bertz CT molecular complexity index is 954. The second kappa shape index (κ2) is 10.9. The minimum atomic E-state index is -3.13. The zero-order valence-corrected chi connectivity index (χ0v) is 18.5. The summed E-state index contributed by atoms with van der Waals surface area (Å²) in [6.07, 6.45) is 2.76. The minimum Gasteiger partial charge on any atom is -0.361 e. The van der Waals surface area contributed by atoms with Crippen molar-refractivity contribution >= 4 is 18.8 Å². The third kappa shape index (κ3) is 5.45. The Labute approximate surface area is 169 Å². The molecule has 2 aromatic heterocycles. The third-order valence-electron chi connectivity index (χ3n) is 4.45. The van der Waals surface area contributed by atoms with Crippen molar-refractivity contribution in [2.24, 2.45) is 0 Å². The van der Waals surface area contributed by atoms with Crippen LogP contribution in [0.15, 0.2) is 15.9 Å². The maximum absolute atomic E-state index is 13.0. The lowest BCUT2D eigenvalue weighted by atomic mass is 10.3. The standard InChI is InChI=1S/C18H31N4O6P/c1-5-21-16-15(20(13-19-16)14-26-6-2)17(23)22(18(21)24)11-9-10-12-29(25,27-7-3)28-8-4/h13H,5-12,14H2,1-4H3. The number of fused-ring (bicyclic) bond motifs is 1. The van der Waals surface area contributed by atoms with Crippen LogP contribution in [0.5, 0.6) is 0 Å². The molecule has 2 heterocycles. The number of ether oxygens (including phenoxy) is 1. The first-order valence-electron chi connectivity index (χ1n) is 10.1. The molecule has 0 fully saturated rings. The van der Waals surface area contributed by atoms with Gasteiger partial charge in [0.25, 0.3) is 5.56 Å². The van der Waals surface area contributed by atoms with Gasteiger partial charge in [0.1, 0.15) is 6.73 Å². The number of rotatable bonds is 13. The molecular formula is C18H31N4O6P. The molecule has 0 radical (unpaired) electrons. The van der Waals surface area contributed by atoms with E-state index in [-0.39, 0.29) is 19.4 Å². The van der Waals surface area contributed by atoms with Crippen LogP contribution in [0, 0.1) is 0 Å². The Morgan fingerprint density at radius 3 is 2.28 bits per heavy atom. The van der Waals surface area contributed by atoms with Gasteiger partial charge in [-0.1, -0.05) is 0 Å². The van der Waals surface area contributed by atoms with Gasteiger partial charge in [-0.25, -0.2) is 9.78 Å². The molecule has 0 bridgehead atoms. The molecule has 2 rings (SSSR count). The van der Waals surface area contributed by atoms with Gasteiger partial charge >= 0.3 is 13.3 Å². The van der Waals surface area contributed by atoms with Crippen LogP contribution < -0.4 is 11.2 Å². The fraction of sp³-hybridized carbons (Fsp3) is 0.722. The molecule has 0 aliphatic heterocycles. The van der Waals surface area contributed by atoms with Crippen molar-refractivity contribution in [1.82, 2.24) is 18.7 Å². The third-order valence-corrected chi connectivity index (χ3v) is 6.62. The first-order chi connectivity index (χ1) is 13.9. The molecule has 11 heteroatoms. The van der Waals surface area contributed by atoms with E-state index in [2.05, 4.69) is 4.98 Å². The molecule has 10 nitrogen and oxygen atoms in total. The van der Waals surface area contributed by atoms with E-state index in [1.807, 2.05) is 13.8 Å². The number of aryl methyl sites for hydroxylation is 1. The Kier molecular flexibility index (Phi) is 8.82. The lowest BCUT2D eigenvalue weighted by molar-refractivity contribution is 0.0903. The average Bonchev–Trinajstić information content (AvgIpc) is 3.10. The van der Waals surface area contributed by atoms with Crippen molar-refractivity contribution in [3.63, 3.8) is 0 Å². The Morgan fingerprint density at radius 1 is 1.00 bits per heavy atom. The summed E-state index contributed by atoms with van der Waals surface area (Å²) in [5.41, 5.74) is -0.0981. The molecule has 0 saturated heterocycles. The van der Waals surface area contributed by atoms with Gasteiger partial charge in [0.15, 0.2) is 11.2 Å². The Morgan fingerprint density at radius 2 is 1.69 bits per heavy atom. The van der Waals surface area contributed by atoms with Crippen molar-refractivity contribution in [2.45, 2.75) is 60.4 Å². The average molecular weight is 430 g/mol. The van der Waals surface area contributed by atoms with Crippen LogP contribution in [0.3, 0.4) is 0 Å². The van der Waals surface area contributed by atoms with E-state index >= 15 is 0 Å². The highest BCUT2D eigenvalue weighted by atomic mass is 31.2. The fourth-order valence-electron chi connectivity index (χ4n) is 3.14. The molecular weight excluding hydrogens is 399 g/mol. The zero-order chi connectivity index (χ0) is 21.4. The molecule has 0 aliphatic rings. The van der Waals surface area contributed by atoms with Crippen molar-refractivity contribution in [3.8, 4) is 0 Å². The molecule has 0 N–H and O–H groups in total. The highest BCUT2D eigenvalue weighted by molar-refractivity contribution is 7.53. The summed E-state index contributed by atoms with van der Waals surface area (Å²) in [5.74, 6) is 0. The second-order valence-corrected chi connectivity index (χ2v) is 8.55. The molecule has 2 aromatic rings. The predicted molar refractivity (Wildman–Crippen MR) is 111 cm³/mol. The molecule has 0 saturated carbocycles. The summed E-state index contributed by atoms with van der Waals surface area (Å²) in [6, 6.07) is 0. The summed E-state index contributed by atoms with van der Waals surface area (Å²) in [7, 11) is -3.13. The van der Waals surface area contributed by atoms with E-state index in [1.165, 1.54) is 15.5 Å². The van der Waals surface area contributed by atoms with Gasteiger partial charge in [0, 0.05) is 19.7 Å². The maximum Gasteiger partial charge on any atom is 0.332 e. The van der Waals surface area contributed by atoms with E-state index in [0.717, 1.165) is 0 Å². The van der Waals surface area contributed by atoms with Gasteiger partial charge in [-0.3, -0.25) is 18.5 Å². The van der Waals surface area contributed by atoms with Gasteiger partial charge in [-0.05, 0) is 40.5 Å². The van der Waals surface area contributed by atoms with E-state index in [4.69, 9.17) is 13.8 Å². The van der Waals surface area contributed by atoms with E-state index in [0.29, 0.717) is 50.4 Å². The summed E-state index contributed by atoms with van der Waals surface area (Å²) >= 11 is 0. The molecule has 0 spiro atoms. The molecule has 0 aromatic carbocycles. The summed E-state index contributed by atoms with van der Waals surface area (Å²) in [5, 5.41) is 0. The summed E-state index contributed by atoms with van der Waals surface area (Å²) in [6.45, 7) is 9.13. The quantitative estimate of drug-likeness (QED) is 0.355. The van der Waals surface area contributed by atoms with Gasteiger partial charge in [-0.15, -0.1) is 0 Å². The topological polar surface area (TPSA) is 107 Å². The molecule has 0 amide bonds. The van der Waals surface area contributed by atoms with Crippen LogP contribution in [-0.4, -0.2) is 44.7 Å². The first-order valence-corrected chi connectivity index (χ1v) is 11.8. The number of imidazole rings is 1. The SMILES string of the molecule is CCOCn1cnc2c1c(=O)n(CCCCP(=O)(OCC)OCC)c(=O)n2CC. The van der Waals surface area contributed by atoms with E-state index in [1.54, 1.807) is 18.4 Å². The lowest BCUT2D eigenvalue weighted by Gasteiger charge is -2.17. The number of hydrogen-bond donors (Lipinski definition) is 0. The van der Waals surface area contributed by atoms with Gasteiger partial charge in [-0.2, -0.15) is 0 Å².